The average Bonchev–Trinajstić information content (AvgIpc) is 2.73. The Morgan fingerprint density at radius 2 is 2.44 bits per heavy atom. The maximum absolute atomic E-state index is 10.9. The van der Waals surface area contributed by atoms with Crippen LogP contribution in [0, 0.1) is 10.1 Å². The minimum absolute atomic E-state index is 0.102. The van der Waals surface area contributed by atoms with Crippen LogP contribution < -0.4 is 5.32 Å². The van der Waals surface area contributed by atoms with E-state index in [2.05, 4.69) is 22.2 Å². The first-order valence-electron chi connectivity index (χ1n) is 5.54. The van der Waals surface area contributed by atoms with Gasteiger partial charge in [-0.1, -0.05) is 11.6 Å². The van der Waals surface area contributed by atoms with E-state index in [1.807, 2.05) is 11.8 Å². The Bertz CT molecular complexity index is 465. The Kier molecular flexibility index (Phi) is 3.91. The lowest BCUT2D eigenvalue weighted by Crippen LogP contribution is -2.27. The van der Waals surface area contributed by atoms with Crippen LogP contribution in [-0.4, -0.2) is 31.9 Å². The fraction of sp³-hybridized carbons (Fsp3) is 0.600. The van der Waals surface area contributed by atoms with Gasteiger partial charge in [-0.3, -0.25) is 10.1 Å². The zero-order chi connectivity index (χ0) is 13.2. The van der Waals surface area contributed by atoms with Crippen molar-refractivity contribution < 1.29 is 4.92 Å². The molecule has 1 N–H and O–H groups in total. The molecule has 2 heterocycles. The van der Waals surface area contributed by atoms with Gasteiger partial charge < -0.3 is 5.32 Å². The molecule has 1 aliphatic heterocycles. The quantitative estimate of drug-likeness (QED) is 0.521. The van der Waals surface area contributed by atoms with E-state index >= 15 is 0 Å². The summed E-state index contributed by atoms with van der Waals surface area (Å²) < 4.78 is 0.102. The second-order valence-corrected chi connectivity index (χ2v) is 6.41. The fourth-order valence-corrected chi connectivity index (χ4v) is 3.34. The Morgan fingerprint density at radius 1 is 1.67 bits per heavy atom. The predicted octanol–water partition coefficient (Wildman–Crippen LogP) is 2.74. The molecular formula is C10H13ClN4O2S. The second-order valence-electron chi connectivity index (χ2n) is 4.37. The standard InChI is InChI=1S/C10H13ClN4O2S/c1-10(3-2-4-18-10)5-12-9-7(15(16)17)8(11)13-6-14-9/h6H,2-5H2,1H3,(H,12,13,14). The second kappa shape index (κ2) is 5.27. The normalized spacial score (nSPS) is 23.0. The molecule has 98 valence electrons. The van der Waals surface area contributed by atoms with Gasteiger partial charge >= 0.3 is 5.69 Å². The molecule has 1 unspecified atom stereocenters. The molecular weight excluding hydrogens is 276 g/mol. The molecule has 1 aromatic rings. The summed E-state index contributed by atoms with van der Waals surface area (Å²) in [6.07, 6.45) is 3.49. The van der Waals surface area contributed by atoms with Crippen molar-refractivity contribution in [2.24, 2.45) is 0 Å². The van der Waals surface area contributed by atoms with Crippen molar-refractivity contribution in [1.82, 2.24) is 9.97 Å². The third kappa shape index (κ3) is 2.84. The number of nitrogens with zero attached hydrogens (tertiary/aromatic N) is 3. The number of thioether (sulfide) groups is 1. The van der Waals surface area contributed by atoms with Gasteiger partial charge in [0.25, 0.3) is 0 Å². The molecule has 0 spiro atoms. The number of nitro groups is 1. The van der Waals surface area contributed by atoms with E-state index in [0.29, 0.717) is 6.54 Å². The molecule has 6 nitrogen and oxygen atoms in total. The lowest BCUT2D eigenvalue weighted by atomic mass is 10.1. The number of rotatable bonds is 4. The Morgan fingerprint density at radius 3 is 3.06 bits per heavy atom. The molecule has 0 saturated carbocycles. The molecule has 0 aliphatic carbocycles. The van der Waals surface area contributed by atoms with Crippen molar-refractivity contribution in [3.05, 3.63) is 21.6 Å². The highest BCUT2D eigenvalue weighted by Gasteiger charge is 2.30. The molecule has 1 atom stereocenters. The van der Waals surface area contributed by atoms with Crippen LogP contribution in [0.25, 0.3) is 0 Å². The minimum Gasteiger partial charge on any atom is -0.363 e. The maximum Gasteiger partial charge on any atom is 0.348 e. The maximum atomic E-state index is 10.9. The molecule has 1 aromatic heterocycles. The van der Waals surface area contributed by atoms with Crippen LogP contribution in [0.4, 0.5) is 11.5 Å². The lowest BCUT2D eigenvalue weighted by Gasteiger charge is -2.22. The minimum atomic E-state index is -0.561. The number of hydrogen-bond donors (Lipinski definition) is 1. The number of nitrogens with one attached hydrogen (secondary N) is 1. The van der Waals surface area contributed by atoms with Gasteiger partial charge in [-0.2, -0.15) is 11.8 Å². The predicted molar refractivity (Wildman–Crippen MR) is 72.3 cm³/mol. The lowest BCUT2D eigenvalue weighted by molar-refractivity contribution is -0.384. The van der Waals surface area contributed by atoms with Gasteiger partial charge in [0.1, 0.15) is 6.33 Å². The molecule has 0 amide bonds. The molecule has 0 bridgehead atoms. The highest BCUT2D eigenvalue weighted by molar-refractivity contribution is 8.00. The number of anilines is 1. The summed E-state index contributed by atoms with van der Waals surface area (Å²) >= 11 is 7.59. The van der Waals surface area contributed by atoms with Gasteiger partial charge in [-0.15, -0.1) is 0 Å². The molecule has 0 aromatic carbocycles. The zero-order valence-corrected chi connectivity index (χ0v) is 11.4. The van der Waals surface area contributed by atoms with Crippen molar-refractivity contribution >= 4 is 34.9 Å². The van der Waals surface area contributed by atoms with E-state index in [1.54, 1.807) is 0 Å². The molecule has 1 saturated heterocycles. The third-order valence-corrected chi connectivity index (χ3v) is 4.71. The first kappa shape index (κ1) is 13.4. The van der Waals surface area contributed by atoms with E-state index in [-0.39, 0.29) is 21.4 Å². The number of halogens is 1. The Balaban J connectivity index is 2.14. The summed E-state index contributed by atoms with van der Waals surface area (Å²) in [6.45, 7) is 2.78. The van der Waals surface area contributed by atoms with E-state index in [0.717, 1.165) is 12.2 Å². The van der Waals surface area contributed by atoms with Crippen molar-refractivity contribution in [2.45, 2.75) is 24.5 Å². The Labute approximate surface area is 114 Å². The summed E-state index contributed by atoms with van der Waals surface area (Å²) in [5, 5.41) is 13.8. The van der Waals surface area contributed by atoms with Crippen molar-refractivity contribution in [3.8, 4) is 0 Å². The van der Waals surface area contributed by atoms with Crippen LogP contribution in [0.3, 0.4) is 0 Å². The van der Waals surface area contributed by atoms with Gasteiger partial charge in [0.2, 0.25) is 11.0 Å². The van der Waals surface area contributed by atoms with Crippen LogP contribution in [0.1, 0.15) is 19.8 Å². The largest absolute Gasteiger partial charge is 0.363 e. The van der Waals surface area contributed by atoms with Crippen LogP contribution >= 0.6 is 23.4 Å². The topological polar surface area (TPSA) is 81.0 Å². The van der Waals surface area contributed by atoms with E-state index in [1.165, 1.54) is 12.7 Å². The van der Waals surface area contributed by atoms with Gasteiger partial charge in [0.15, 0.2) is 0 Å². The van der Waals surface area contributed by atoms with Crippen molar-refractivity contribution in [2.75, 3.05) is 17.6 Å². The first-order valence-corrected chi connectivity index (χ1v) is 6.91. The molecule has 18 heavy (non-hydrogen) atoms. The summed E-state index contributed by atoms with van der Waals surface area (Å²) in [6, 6.07) is 0. The summed E-state index contributed by atoms with van der Waals surface area (Å²) in [4.78, 5) is 17.9. The van der Waals surface area contributed by atoms with Gasteiger partial charge in [0, 0.05) is 11.3 Å². The van der Waals surface area contributed by atoms with Gasteiger partial charge in [0.05, 0.1) is 4.92 Å². The number of aromatic nitrogens is 2. The molecule has 0 radical (unpaired) electrons. The third-order valence-electron chi connectivity index (χ3n) is 2.89. The first-order chi connectivity index (χ1) is 8.52. The highest BCUT2D eigenvalue weighted by Crippen LogP contribution is 2.38. The van der Waals surface area contributed by atoms with Crippen LogP contribution in [0.5, 0.6) is 0 Å². The number of hydrogen-bond acceptors (Lipinski definition) is 6. The van der Waals surface area contributed by atoms with Gasteiger partial charge in [-0.05, 0) is 25.5 Å². The molecule has 1 fully saturated rings. The van der Waals surface area contributed by atoms with E-state index < -0.39 is 4.92 Å². The van der Waals surface area contributed by atoms with E-state index in [9.17, 15) is 10.1 Å². The smallest absolute Gasteiger partial charge is 0.348 e. The van der Waals surface area contributed by atoms with Crippen LogP contribution in [0.15, 0.2) is 6.33 Å². The molecule has 8 heteroatoms. The molecule has 2 rings (SSSR count). The summed E-state index contributed by atoms with van der Waals surface area (Å²) in [5.41, 5.74) is -0.259. The Hall–Kier alpha value is -1.08. The SMILES string of the molecule is CC1(CNc2ncnc(Cl)c2[N+](=O)[O-])CCCS1. The van der Waals surface area contributed by atoms with Crippen LogP contribution in [-0.2, 0) is 0 Å². The van der Waals surface area contributed by atoms with E-state index in [4.69, 9.17) is 11.6 Å². The average molecular weight is 289 g/mol. The van der Waals surface area contributed by atoms with Crippen molar-refractivity contribution in [3.63, 3.8) is 0 Å². The monoisotopic (exact) mass is 288 g/mol. The zero-order valence-electron chi connectivity index (χ0n) is 9.85. The summed E-state index contributed by atoms with van der Waals surface area (Å²) in [7, 11) is 0. The molecule has 1 aliphatic rings. The van der Waals surface area contributed by atoms with Crippen molar-refractivity contribution in [1.29, 1.82) is 0 Å². The van der Waals surface area contributed by atoms with Gasteiger partial charge in [-0.25, -0.2) is 9.97 Å². The fourth-order valence-electron chi connectivity index (χ4n) is 1.90. The van der Waals surface area contributed by atoms with Crippen LogP contribution in [0.2, 0.25) is 5.15 Å². The summed E-state index contributed by atoms with van der Waals surface area (Å²) in [5.74, 6) is 1.32. The highest BCUT2D eigenvalue weighted by atomic mass is 35.5.